The zero-order valence-electron chi connectivity index (χ0n) is 13.7. The zero-order chi connectivity index (χ0) is 16.1. The number of aliphatic carboxylic acids is 1. The monoisotopic (exact) mass is 297 g/mol. The van der Waals surface area contributed by atoms with E-state index < -0.39 is 23.2 Å². The average molecular weight is 297 g/mol. The number of hydrogen-bond acceptors (Lipinski definition) is 3. The van der Waals surface area contributed by atoms with E-state index in [0.717, 1.165) is 25.7 Å². The molecule has 0 aromatic carbocycles. The minimum absolute atomic E-state index is 0.0162. The number of carboxylic acids is 1. The fourth-order valence-electron chi connectivity index (χ4n) is 4.16. The first-order chi connectivity index (χ1) is 9.50. The number of carbonyl (C=O) groups is 2. The van der Waals surface area contributed by atoms with E-state index in [1.165, 1.54) is 0 Å². The minimum atomic E-state index is -0.762. The van der Waals surface area contributed by atoms with E-state index in [9.17, 15) is 14.7 Å². The molecule has 21 heavy (non-hydrogen) atoms. The van der Waals surface area contributed by atoms with Crippen LogP contribution in [-0.4, -0.2) is 28.3 Å². The Morgan fingerprint density at radius 1 is 1.19 bits per heavy atom. The van der Waals surface area contributed by atoms with Crippen LogP contribution in [0.1, 0.15) is 60.3 Å². The summed E-state index contributed by atoms with van der Waals surface area (Å²) in [5.41, 5.74) is -1.24. The quantitative estimate of drug-likeness (QED) is 0.839. The van der Waals surface area contributed by atoms with Gasteiger partial charge in [-0.25, -0.2) is 4.79 Å². The molecular weight excluding hydrogens is 270 g/mol. The van der Waals surface area contributed by atoms with Crippen LogP contribution in [0.5, 0.6) is 0 Å². The van der Waals surface area contributed by atoms with E-state index in [2.05, 4.69) is 5.32 Å². The molecule has 0 aromatic heterocycles. The van der Waals surface area contributed by atoms with E-state index in [1.807, 2.05) is 34.6 Å². The highest BCUT2D eigenvalue weighted by Gasteiger charge is 2.70. The lowest BCUT2D eigenvalue weighted by molar-refractivity contribution is -0.139. The summed E-state index contributed by atoms with van der Waals surface area (Å²) in [7, 11) is 0. The van der Waals surface area contributed by atoms with Crippen molar-refractivity contribution in [3.05, 3.63) is 0 Å². The third-order valence-corrected chi connectivity index (χ3v) is 4.93. The van der Waals surface area contributed by atoms with Gasteiger partial charge in [-0.15, -0.1) is 0 Å². The van der Waals surface area contributed by atoms with E-state index >= 15 is 0 Å². The van der Waals surface area contributed by atoms with E-state index in [4.69, 9.17) is 4.74 Å². The lowest BCUT2D eigenvalue weighted by Gasteiger charge is -2.33. The molecule has 0 bridgehead atoms. The molecule has 2 rings (SSSR count). The maximum atomic E-state index is 12.2. The molecular formula is C16H27NO4. The highest BCUT2D eigenvalue weighted by molar-refractivity contribution is 5.77. The predicted octanol–water partition coefficient (Wildman–Crippen LogP) is 3.18. The smallest absolute Gasteiger partial charge is 0.408 e. The molecule has 0 saturated heterocycles. The number of rotatable bonds is 3. The van der Waals surface area contributed by atoms with Gasteiger partial charge in [0, 0.05) is 11.5 Å². The minimum Gasteiger partial charge on any atom is -0.481 e. The molecule has 5 heteroatoms. The van der Waals surface area contributed by atoms with E-state index in [-0.39, 0.29) is 17.3 Å². The SMILES string of the molecule is CC(C)(C)OC(=O)NC1([C@H]2[C@H](C(=O)O)C2(C)C)CCCC1. The zero-order valence-corrected chi connectivity index (χ0v) is 13.7. The van der Waals surface area contributed by atoms with Crippen LogP contribution in [0.15, 0.2) is 0 Å². The molecule has 0 radical (unpaired) electrons. The molecule has 2 N–H and O–H groups in total. The second-order valence-corrected chi connectivity index (χ2v) is 8.11. The third-order valence-electron chi connectivity index (χ3n) is 4.93. The Morgan fingerprint density at radius 3 is 2.10 bits per heavy atom. The number of carboxylic acid groups (broad SMARTS) is 1. The molecule has 120 valence electrons. The van der Waals surface area contributed by atoms with Crippen LogP contribution in [0.4, 0.5) is 4.79 Å². The van der Waals surface area contributed by atoms with Gasteiger partial charge in [-0.05, 0) is 39.0 Å². The number of alkyl carbamates (subject to hydrolysis) is 1. The topological polar surface area (TPSA) is 75.6 Å². The van der Waals surface area contributed by atoms with Gasteiger partial charge in [-0.1, -0.05) is 26.7 Å². The molecule has 0 spiro atoms. The first-order valence-corrected chi connectivity index (χ1v) is 7.74. The van der Waals surface area contributed by atoms with Crippen LogP contribution < -0.4 is 5.32 Å². The highest BCUT2D eigenvalue weighted by atomic mass is 16.6. The van der Waals surface area contributed by atoms with Crippen molar-refractivity contribution in [1.29, 1.82) is 0 Å². The van der Waals surface area contributed by atoms with Gasteiger partial charge in [-0.2, -0.15) is 0 Å². The van der Waals surface area contributed by atoms with E-state index in [1.54, 1.807) is 0 Å². The van der Waals surface area contributed by atoms with Crippen molar-refractivity contribution in [2.45, 2.75) is 71.4 Å². The molecule has 0 heterocycles. The standard InChI is InChI=1S/C16H27NO4/c1-14(2,3)21-13(20)17-16(8-6-7-9-16)11-10(12(18)19)15(11,4)5/h10-11H,6-9H2,1-5H3,(H,17,20)(H,18,19)/t10-,11+/m1/s1. The van der Waals surface area contributed by atoms with Crippen molar-refractivity contribution < 1.29 is 19.4 Å². The molecule has 0 unspecified atom stereocenters. The van der Waals surface area contributed by atoms with Gasteiger partial charge in [-0.3, -0.25) is 4.79 Å². The first kappa shape index (κ1) is 16.1. The normalized spacial score (nSPS) is 29.8. The summed E-state index contributed by atoms with van der Waals surface area (Å²) >= 11 is 0. The molecule has 0 aromatic rings. The molecule has 2 aliphatic carbocycles. The highest BCUT2D eigenvalue weighted by Crippen LogP contribution is 2.66. The van der Waals surface area contributed by atoms with Gasteiger partial charge < -0.3 is 15.2 Å². The second-order valence-electron chi connectivity index (χ2n) is 8.11. The summed E-state index contributed by atoms with van der Waals surface area (Å²) in [6.45, 7) is 9.44. The number of nitrogens with one attached hydrogen (secondary N) is 1. The maximum absolute atomic E-state index is 12.2. The fraction of sp³-hybridized carbons (Fsp3) is 0.875. The summed E-state index contributed by atoms with van der Waals surface area (Å²) in [6, 6.07) is 0. The predicted molar refractivity (Wildman–Crippen MR) is 79.0 cm³/mol. The number of hydrogen-bond donors (Lipinski definition) is 2. The largest absolute Gasteiger partial charge is 0.481 e. The summed E-state index contributed by atoms with van der Waals surface area (Å²) in [5, 5.41) is 12.4. The lowest BCUT2D eigenvalue weighted by atomic mass is 9.86. The van der Waals surface area contributed by atoms with Crippen molar-refractivity contribution in [3.8, 4) is 0 Å². The van der Waals surface area contributed by atoms with Gasteiger partial charge in [0.25, 0.3) is 0 Å². The molecule has 2 atom stereocenters. The summed E-state index contributed by atoms with van der Waals surface area (Å²) < 4.78 is 5.37. The van der Waals surface area contributed by atoms with Crippen LogP contribution in [0.25, 0.3) is 0 Å². The van der Waals surface area contributed by atoms with Crippen molar-refractivity contribution in [1.82, 2.24) is 5.32 Å². The van der Waals surface area contributed by atoms with Crippen LogP contribution in [-0.2, 0) is 9.53 Å². The van der Waals surface area contributed by atoms with Crippen molar-refractivity contribution in [2.75, 3.05) is 0 Å². The number of amides is 1. The van der Waals surface area contributed by atoms with Crippen LogP contribution in [0.3, 0.4) is 0 Å². The maximum Gasteiger partial charge on any atom is 0.408 e. The Morgan fingerprint density at radius 2 is 1.71 bits per heavy atom. The first-order valence-electron chi connectivity index (χ1n) is 7.74. The summed E-state index contributed by atoms with van der Waals surface area (Å²) in [6.07, 6.45) is 3.29. The van der Waals surface area contributed by atoms with Gasteiger partial charge in [0.2, 0.25) is 0 Å². The van der Waals surface area contributed by atoms with Gasteiger partial charge in [0.05, 0.1) is 5.92 Å². The van der Waals surface area contributed by atoms with Gasteiger partial charge in [0.15, 0.2) is 0 Å². The van der Waals surface area contributed by atoms with Gasteiger partial charge in [0.1, 0.15) is 5.60 Å². The summed E-state index contributed by atoms with van der Waals surface area (Å²) in [4.78, 5) is 23.6. The Bertz CT molecular complexity index is 444. The molecule has 2 saturated carbocycles. The Kier molecular flexibility index (Phi) is 3.75. The third kappa shape index (κ3) is 3.01. The van der Waals surface area contributed by atoms with Crippen LogP contribution >= 0.6 is 0 Å². The molecule has 2 aliphatic rings. The van der Waals surface area contributed by atoms with Crippen LogP contribution in [0, 0.1) is 17.3 Å². The average Bonchev–Trinajstić information content (AvgIpc) is 2.65. The van der Waals surface area contributed by atoms with Crippen molar-refractivity contribution in [3.63, 3.8) is 0 Å². The second kappa shape index (κ2) is 4.89. The number of carbonyl (C=O) groups excluding carboxylic acids is 1. The Balaban J connectivity index is 2.16. The fourth-order valence-corrected chi connectivity index (χ4v) is 4.16. The van der Waals surface area contributed by atoms with Crippen molar-refractivity contribution >= 4 is 12.1 Å². The molecule has 1 amide bonds. The van der Waals surface area contributed by atoms with E-state index in [0.29, 0.717) is 0 Å². The lowest BCUT2D eigenvalue weighted by Crippen LogP contribution is -2.51. The summed E-state index contributed by atoms with van der Waals surface area (Å²) in [5.74, 6) is -1.16. The van der Waals surface area contributed by atoms with Gasteiger partial charge >= 0.3 is 12.1 Å². The Labute approximate surface area is 126 Å². The molecule has 0 aliphatic heterocycles. The van der Waals surface area contributed by atoms with Crippen LogP contribution in [0.2, 0.25) is 0 Å². The Hall–Kier alpha value is -1.26. The molecule has 5 nitrogen and oxygen atoms in total. The van der Waals surface area contributed by atoms with Crippen molar-refractivity contribution in [2.24, 2.45) is 17.3 Å². The number of ether oxygens (including phenoxy) is 1. The molecule has 2 fully saturated rings.